The molecule has 1 unspecified atom stereocenters. The molecule has 3 nitrogen and oxygen atoms in total. The van der Waals surface area contributed by atoms with Crippen molar-refractivity contribution in [3.8, 4) is 0 Å². The van der Waals surface area contributed by atoms with E-state index < -0.39 is 0 Å². The molecule has 20 heavy (non-hydrogen) atoms. The van der Waals surface area contributed by atoms with Crippen molar-refractivity contribution in [2.24, 2.45) is 11.8 Å². The van der Waals surface area contributed by atoms with E-state index in [9.17, 15) is 0 Å². The highest BCUT2D eigenvalue weighted by Crippen LogP contribution is 2.24. The molecule has 0 N–H and O–H groups in total. The summed E-state index contributed by atoms with van der Waals surface area (Å²) in [6, 6.07) is 0.754. The van der Waals surface area contributed by atoms with Crippen molar-refractivity contribution in [2.45, 2.75) is 53.1 Å². The third-order valence-electron chi connectivity index (χ3n) is 5.36. The van der Waals surface area contributed by atoms with E-state index in [1.54, 1.807) is 0 Å². The van der Waals surface area contributed by atoms with E-state index in [4.69, 9.17) is 0 Å². The fraction of sp³-hybridized carbons (Fsp3) is 1.00. The molecule has 0 saturated carbocycles. The quantitative estimate of drug-likeness (QED) is 0.783. The van der Waals surface area contributed by atoms with Crippen LogP contribution >= 0.6 is 0 Å². The molecule has 3 heteroatoms. The third kappa shape index (κ3) is 3.96. The summed E-state index contributed by atoms with van der Waals surface area (Å²) in [7, 11) is 0. The molecule has 2 fully saturated rings. The highest BCUT2D eigenvalue weighted by Gasteiger charge is 2.33. The summed E-state index contributed by atoms with van der Waals surface area (Å²) in [4.78, 5) is 7.96. The first-order valence-corrected chi connectivity index (χ1v) is 8.49. The molecular formula is C17H35N3. The van der Waals surface area contributed by atoms with E-state index in [0.29, 0.717) is 5.54 Å². The average molecular weight is 281 g/mol. The highest BCUT2D eigenvalue weighted by molar-refractivity contribution is 4.88. The first-order valence-electron chi connectivity index (χ1n) is 8.49. The van der Waals surface area contributed by atoms with E-state index >= 15 is 0 Å². The van der Waals surface area contributed by atoms with Crippen molar-refractivity contribution in [2.75, 3.05) is 45.8 Å². The average Bonchev–Trinajstić information content (AvgIpc) is 2.31. The van der Waals surface area contributed by atoms with Gasteiger partial charge < -0.3 is 4.90 Å². The molecule has 2 saturated heterocycles. The molecule has 0 aromatic carbocycles. The molecule has 1 atom stereocenters. The molecular weight excluding hydrogens is 246 g/mol. The largest absolute Gasteiger partial charge is 0.300 e. The summed E-state index contributed by atoms with van der Waals surface area (Å²) in [5.74, 6) is 1.70. The zero-order chi connectivity index (χ0) is 14.9. The van der Waals surface area contributed by atoms with Crippen LogP contribution in [0.3, 0.4) is 0 Å². The van der Waals surface area contributed by atoms with Crippen molar-refractivity contribution in [1.82, 2.24) is 14.7 Å². The van der Waals surface area contributed by atoms with Gasteiger partial charge in [-0.3, -0.25) is 9.80 Å². The van der Waals surface area contributed by atoms with E-state index in [1.165, 1.54) is 45.8 Å². The Bertz CT molecular complexity index is 294. The predicted octanol–water partition coefficient (Wildman–Crippen LogP) is 2.38. The normalized spacial score (nSPS) is 25.9. The molecule has 0 amide bonds. The fourth-order valence-corrected chi connectivity index (χ4v) is 3.45. The molecule has 118 valence electrons. The van der Waals surface area contributed by atoms with Gasteiger partial charge in [-0.2, -0.15) is 0 Å². The Hall–Kier alpha value is -0.120. The molecule has 0 spiro atoms. The first-order chi connectivity index (χ1) is 9.27. The van der Waals surface area contributed by atoms with E-state index in [1.807, 2.05) is 0 Å². The summed E-state index contributed by atoms with van der Waals surface area (Å²) < 4.78 is 0. The molecule has 0 aromatic heterocycles. The fourth-order valence-electron chi connectivity index (χ4n) is 3.45. The van der Waals surface area contributed by atoms with Crippen molar-refractivity contribution in [3.05, 3.63) is 0 Å². The van der Waals surface area contributed by atoms with Crippen molar-refractivity contribution >= 4 is 0 Å². The number of hydrogen-bond donors (Lipinski definition) is 0. The Morgan fingerprint density at radius 3 is 1.95 bits per heavy atom. The van der Waals surface area contributed by atoms with Gasteiger partial charge in [-0.1, -0.05) is 13.8 Å². The van der Waals surface area contributed by atoms with E-state index in [-0.39, 0.29) is 0 Å². The molecule has 0 radical (unpaired) electrons. The second-order valence-electron chi connectivity index (χ2n) is 8.26. The zero-order valence-corrected chi connectivity index (χ0v) is 14.5. The number of nitrogens with zero attached hydrogens (tertiary/aromatic N) is 3. The zero-order valence-electron chi connectivity index (χ0n) is 14.5. The Morgan fingerprint density at radius 1 is 0.950 bits per heavy atom. The smallest absolute Gasteiger partial charge is 0.0126 e. The topological polar surface area (TPSA) is 9.72 Å². The molecule has 0 aliphatic carbocycles. The summed E-state index contributed by atoms with van der Waals surface area (Å²) in [5, 5.41) is 0. The molecule has 0 aromatic rings. The van der Waals surface area contributed by atoms with E-state index in [2.05, 4.69) is 56.2 Å². The molecule has 2 aliphatic rings. The van der Waals surface area contributed by atoms with Crippen LogP contribution in [-0.4, -0.2) is 72.1 Å². The van der Waals surface area contributed by atoms with Crippen LogP contribution in [0.5, 0.6) is 0 Å². The first kappa shape index (κ1) is 16.3. The van der Waals surface area contributed by atoms with Crippen LogP contribution in [-0.2, 0) is 0 Å². The van der Waals surface area contributed by atoms with E-state index in [0.717, 1.165) is 17.9 Å². The summed E-state index contributed by atoms with van der Waals surface area (Å²) in [6.07, 6.45) is 0. The number of likely N-dealkylation sites (tertiary alicyclic amines) is 1. The summed E-state index contributed by atoms with van der Waals surface area (Å²) in [5.41, 5.74) is 0.339. The summed E-state index contributed by atoms with van der Waals surface area (Å²) in [6.45, 7) is 23.0. The second-order valence-corrected chi connectivity index (χ2v) is 8.26. The number of rotatable bonds is 4. The van der Waals surface area contributed by atoms with Gasteiger partial charge in [0.1, 0.15) is 0 Å². The van der Waals surface area contributed by atoms with Gasteiger partial charge in [-0.25, -0.2) is 0 Å². The number of piperazine rings is 1. The van der Waals surface area contributed by atoms with Gasteiger partial charge in [-0.05, 0) is 39.5 Å². The predicted molar refractivity (Wildman–Crippen MR) is 87.1 cm³/mol. The van der Waals surface area contributed by atoms with Gasteiger partial charge in [0.05, 0.1) is 0 Å². The maximum atomic E-state index is 2.68. The lowest BCUT2D eigenvalue weighted by atomic mass is 9.93. The van der Waals surface area contributed by atoms with Gasteiger partial charge in [0.2, 0.25) is 0 Å². The molecule has 0 bridgehead atoms. The Labute approximate surface area is 126 Å². The minimum Gasteiger partial charge on any atom is -0.300 e. The Kier molecular flexibility index (Phi) is 5.14. The molecule has 2 aliphatic heterocycles. The van der Waals surface area contributed by atoms with Gasteiger partial charge in [0.15, 0.2) is 0 Å². The van der Waals surface area contributed by atoms with Crippen molar-refractivity contribution < 1.29 is 0 Å². The van der Waals surface area contributed by atoms with Gasteiger partial charge in [-0.15, -0.1) is 0 Å². The Morgan fingerprint density at radius 2 is 1.50 bits per heavy atom. The number of hydrogen-bond acceptors (Lipinski definition) is 3. The maximum Gasteiger partial charge on any atom is 0.0126 e. The van der Waals surface area contributed by atoms with Crippen LogP contribution in [0.1, 0.15) is 41.5 Å². The minimum atomic E-state index is 0.339. The lowest BCUT2D eigenvalue weighted by molar-refractivity contribution is 0.00103. The van der Waals surface area contributed by atoms with Crippen LogP contribution in [0.25, 0.3) is 0 Å². The minimum absolute atomic E-state index is 0.339. The summed E-state index contributed by atoms with van der Waals surface area (Å²) >= 11 is 0. The van der Waals surface area contributed by atoms with Crippen LogP contribution in [0.4, 0.5) is 0 Å². The lowest BCUT2D eigenvalue weighted by Gasteiger charge is -2.48. The third-order valence-corrected chi connectivity index (χ3v) is 5.36. The maximum absolute atomic E-state index is 2.68. The van der Waals surface area contributed by atoms with Crippen molar-refractivity contribution in [3.63, 3.8) is 0 Å². The highest BCUT2D eigenvalue weighted by atomic mass is 15.3. The van der Waals surface area contributed by atoms with Gasteiger partial charge in [0, 0.05) is 57.4 Å². The molecule has 2 rings (SSSR count). The lowest BCUT2D eigenvalue weighted by Crippen LogP contribution is -2.59. The van der Waals surface area contributed by atoms with Crippen molar-refractivity contribution in [1.29, 1.82) is 0 Å². The second kappa shape index (κ2) is 6.33. The van der Waals surface area contributed by atoms with Crippen LogP contribution < -0.4 is 0 Å². The van der Waals surface area contributed by atoms with Crippen LogP contribution in [0, 0.1) is 11.8 Å². The van der Waals surface area contributed by atoms with Gasteiger partial charge in [0.25, 0.3) is 0 Å². The van der Waals surface area contributed by atoms with Gasteiger partial charge >= 0.3 is 0 Å². The monoisotopic (exact) mass is 281 g/mol. The standard InChI is InChI=1S/C17H35N3/c1-14(2)15(3)19-12-16(13-19)11-18-7-9-20(10-8-18)17(4,5)6/h14-16H,7-13H2,1-6H3. The van der Waals surface area contributed by atoms with Crippen LogP contribution in [0.2, 0.25) is 0 Å². The Balaban J connectivity index is 1.66. The SMILES string of the molecule is CC(C)C(C)N1CC(CN2CCN(C(C)(C)C)CC2)C1. The van der Waals surface area contributed by atoms with Crippen LogP contribution in [0.15, 0.2) is 0 Å². The molecule has 2 heterocycles.